The molecule has 0 aromatic heterocycles. The second-order valence-corrected chi connectivity index (χ2v) is 7.38. The van der Waals surface area contributed by atoms with E-state index in [4.69, 9.17) is 4.74 Å². The maximum absolute atomic E-state index is 12.9. The predicted molar refractivity (Wildman–Crippen MR) is 95.2 cm³/mol. The number of nitrogens with one attached hydrogen (secondary N) is 1. The van der Waals surface area contributed by atoms with E-state index in [1.54, 1.807) is 17.0 Å². The molecular weight excluding hydrogens is 321 g/mol. The van der Waals surface area contributed by atoms with Gasteiger partial charge in [0.15, 0.2) is 0 Å². The summed E-state index contributed by atoms with van der Waals surface area (Å²) in [5, 5.41) is 3.06. The maximum atomic E-state index is 12.9. The Morgan fingerprint density at radius 2 is 2.00 bits per heavy atom. The zero-order valence-corrected chi connectivity index (χ0v) is 15.1. The maximum Gasteiger partial charge on any atom is 0.317 e. The van der Waals surface area contributed by atoms with Crippen molar-refractivity contribution < 1.29 is 13.9 Å². The molecule has 2 saturated heterocycles. The fourth-order valence-corrected chi connectivity index (χ4v) is 3.46. The highest BCUT2D eigenvalue weighted by molar-refractivity contribution is 5.75. The third-order valence-corrected chi connectivity index (χ3v) is 5.07. The lowest BCUT2D eigenvalue weighted by Crippen LogP contribution is -2.59. The Bertz CT molecular complexity index is 573. The van der Waals surface area contributed by atoms with Crippen LogP contribution in [0.25, 0.3) is 0 Å². The molecule has 2 aliphatic heterocycles. The molecule has 25 heavy (non-hydrogen) atoms. The summed E-state index contributed by atoms with van der Waals surface area (Å²) < 4.78 is 18.6. The number of halogens is 1. The molecule has 138 valence electrons. The molecule has 5 nitrogen and oxygen atoms in total. The monoisotopic (exact) mass is 349 g/mol. The van der Waals surface area contributed by atoms with Crippen LogP contribution in [-0.4, -0.2) is 60.7 Å². The molecule has 3 rings (SSSR count). The van der Waals surface area contributed by atoms with Gasteiger partial charge < -0.3 is 19.9 Å². The number of ether oxygens (including phenoxy) is 1. The molecule has 2 aliphatic rings. The molecule has 1 aromatic rings. The number of benzene rings is 1. The van der Waals surface area contributed by atoms with Crippen LogP contribution in [0.3, 0.4) is 0 Å². The molecule has 2 heterocycles. The van der Waals surface area contributed by atoms with E-state index in [-0.39, 0.29) is 18.0 Å². The predicted octanol–water partition coefficient (Wildman–Crippen LogP) is 2.72. The minimum Gasteiger partial charge on any atom is -0.487 e. The van der Waals surface area contributed by atoms with Crippen LogP contribution in [0.1, 0.15) is 26.7 Å². The topological polar surface area (TPSA) is 44.8 Å². The minimum atomic E-state index is -0.277. The van der Waals surface area contributed by atoms with E-state index in [9.17, 15) is 9.18 Å². The van der Waals surface area contributed by atoms with Crippen molar-refractivity contribution >= 4 is 6.03 Å². The second kappa shape index (κ2) is 8.04. The number of piperidine rings is 1. The minimum absolute atomic E-state index is 0.0117. The Morgan fingerprint density at radius 3 is 2.68 bits per heavy atom. The van der Waals surface area contributed by atoms with Crippen LogP contribution < -0.4 is 10.1 Å². The van der Waals surface area contributed by atoms with E-state index in [1.807, 2.05) is 0 Å². The number of carbonyl (C=O) groups excluding carboxylic acids is 1. The Morgan fingerprint density at radius 1 is 1.28 bits per heavy atom. The molecule has 1 N–H and O–H groups in total. The van der Waals surface area contributed by atoms with Gasteiger partial charge in [-0.1, -0.05) is 0 Å². The molecule has 0 unspecified atom stereocenters. The summed E-state index contributed by atoms with van der Waals surface area (Å²) in [4.78, 5) is 16.5. The van der Waals surface area contributed by atoms with Gasteiger partial charge in [0.2, 0.25) is 0 Å². The summed E-state index contributed by atoms with van der Waals surface area (Å²) in [6, 6.07) is 6.54. The number of hydrogen-bond acceptors (Lipinski definition) is 3. The fraction of sp³-hybridized carbons (Fsp3) is 0.632. The third kappa shape index (κ3) is 4.84. The molecule has 0 saturated carbocycles. The molecule has 0 bridgehead atoms. The van der Waals surface area contributed by atoms with E-state index >= 15 is 0 Å². The van der Waals surface area contributed by atoms with E-state index in [2.05, 4.69) is 24.1 Å². The first kappa shape index (κ1) is 18.0. The van der Waals surface area contributed by atoms with Gasteiger partial charge in [0, 0.05) is 19.1 Å². The van der Waals surface area contributed by atoms with Crippen molar-refractivity contribution in [2.75, 3.05) is 32.7 Å². The molecule has 2 amide bonds. The summed E-state index contributed by atoms with van der Waals surface area (Å²) in [6.07, 6.45) is 2.37. The van der Waals surface area contributed by atoms with Crippen molar-refractivity contribution in [3.8, 4) is 5.75 Å². The van der Waals surface area contributed by atoms with Crippen LogP contribution in [0.15, 0.2) is 24.3 Å². The molecule has 2 fully saturated rings. The quantitative estimate of drug-likeness (QED) is 0.889. The van der Waals surface area contributed by atoms with Crippen molar-refractivity contribution in [2.24, 2.45) is 5.92 Å². The first-order valence-electron chi connectivity index (χ1n) is 9.20. The van der Waals surface area contributed by atoms with Gasteiger partial charge in [-0.25, -0.2) is 9.18 Å². The lowest BCUT2D eigenvalue weighted by molar-refractivity contribution is 0.0434. The Labute approximate surface area is 149 Å². The molecule has 0 spiro atoms. The average molecular weight is 349 g/mol. The fourth-order valence-electron chi connectivity index (χ4n) is 3.46. The summed E-state index contributed by atoms with van der Waals surface area (Å²) in [5.41, 5.74) is 0. The number of amides is 2. The largest absolute Gasteiger partial charge is 0.487 e. The molecule has 0 radical (unpaired) electrons. The van der Waals surface area contributed by atoms with Gasteiger partial charge in [-0.15, -0.1) is 0 Å². The van der Waals surface area contributed by atoms with E-state index in [0.717, 1.165) is 19.6 Å². The zero-order chi connectivity index (χ0) is 17.8. The zero-order valence-electron chi connectivity index (χ0n) is 15.1. The van der Waals surface area contributed by atoms with Gasteiger partial charge in [-0.05, 0) is 63.4 Å². The summed E-state index contributed by atoms with van der Waals surface area (Å²) in [6.45, 7) is 8.56. The SMILES string of the molecule is CC(C)N1CCC[C@@H](CNC(=O)N2CC(Oc3ccc(F)cc3)C2)C1. The Kier molecular flexibility index (Phi) is 5.78. The number of rotatable bonds is 5. The number of urea groups is 1. The van der Waals surface area contributed by atoms with Gasteiger partial charge in [0.1, 0.15) is 17.7 Å². The van der Waals surface area contributed by atoms with Crippen LogP contribution in [0.5, 0.6) is 5.75 Å². The first-order chi connectivity index (χ1) is 12.0. The van der Waals surface area contributed by atoms with Crippen molar-refractivity contribution in [1.82, 2.24) is 15.1 Å². The number of nitrogens with zero attached hydrogens (tertiary/aromatic N) is 2. The van der Waals surface area contributed by atoms with Crippen molar-refractivity contribution in [1.29, 1.82) is 0 Å². The highest BCUT2D eigenvalue weighted by atomic mass is 19.1. The lowest BCUT2D eigenvalue weighted by atomic mass is 9.97. The van der Waals surface area contributed by atoms with E-state index in [1.165, 1.54) is 25.0 Å². The van der Waals surface area contributed by atoms with E-state index in [0.29, 0.717) is 30.8 Å². The summed E-state index contributed by atoms with van der Waals surface area (Å²) >= 11 is 0. The molecule has 0 aliphatic carbocycles. The van der Waals surface area contributed by atoms with Crippen molar-refractivity contribution in [3.05, 3.63) is 30.1 Å². The molecule has 6 heteroatoms. The summed E-state index contributed by atoms with van der Waals surface area (Å²) in [7, 11) is 0. The van der Waals surface area contributed by atoms with Crippen LogP contribution >= 0.6 is 0 Å². The van der Waals surface area contributed by atoms with E-state index < -0.39 is 0 Å². The van der Waals surface area contributed by atoms with Gasteiger partial charge in [0.25, 0.3) is 0 Å². The lowest BCUT2D eigenvalue weighted by Gasteiger charge is -2.40. The third-order valence-electron chi connectivity index (χ3n) is 5.07. The van der Waals surface area contributed by atoms with Crippen LogP contribution in [-0.2, 0) is 0 Å². The normalized spacial score (nSPS) is 21.9. The van der Waals surface area contributed by atoms with Crippen LogP contribution in [0, 0.1) is 11.7 Å². The number of hydrogen-bond donors (Lipinski definition) is 1. The highest BCUT2D eigenvalue weighted by Gasteiger charge is 2.32. The molecular formula is C19H28FN3O2. The Balaban J connectivity index is 1.35. The second-order valence-electron chi connectivity index (χ2n) is 7.38. The van der Waals surface area contributed by atoms with Crippen LogP contribution in [0.2, 0.25) is 0 Å². The highest BCUT2D eigenvalue weighted by Crippen LogP contribution is 2.20. The average Bonchev–Trinajstić information content (AvgIpc) is 2.57. The van der Waals surface area contributed by atoms with Gasteiger partial charge in [-0.3, -0.25) is 0 Å². The number of likely N-dealkylation sites (tertiary alicyclic amines) is 2. The van der Waals surface area contributed by atoms with Crippen molar-refractivity contribution in [2.45, 2.75) is 38.8 Å². The standard InChI is InChI=1S/C19H28FN3O2/c1-14(2)22-9-3-4-15(11-22)10-21-19(24)23-12-18(13-23)25-17-7-5-16(20)6-8-17/h5-8,14-15,18H,3-4,9-13H2,1-2H3,(H,21,24)/t15-/m0/s1. The summed E-state index contributed by atoms with van der Waals surface area (Å²) in [5.74, 6) is 0.899. The molecule has 1 atom stereocenters. The first-order valence-corrected chi connectivity index (χ1v) is 9.20. The van der Waals surface area contributed by atoms with Crippen LogP contribution in [0.4, 0.5) is 9.18 Å². The Hall–Kier alpha value is -1.82. The van der Waals surface area contributed by atoms with Gasteiger partial charge >= 0.3 is 6.03 Å². The molecule has 1 aromatic carbocycles. The van der Waals surface area contributed by atoms with Gasteiger partial charge in [0.05, 0.1) is 13.1 Å². The smallest absolute Gasteiger partial charge is 0.317 e. The number of carbonyl (C=O) groups is 1. The van der Waals surface area contributed by atoms with Gasteiger partial charge in [-0.2, -0.15) is 0 Å². The van der Waals surface area contributed by atoms with Crippen molar-refractivity contribution in [3.63, 3.8) is 0 Å².